The molecule has 2 aromatic rings. The topological polar surface area (TPSA) is 48.3 Å². The smallest absolute Gasteiger partial charge is 0.124 e. The van der Waals surface area contributed by atoms with Gasteiger partial charge in [0.1, 0.15) is 5.75 Å². The molecule has 136 valence electrons. The molecule has 6 heteroatoms. The van der Waals surface area contributed by atoms with Crippen molar-refractivity contribution in [3.8, 4) is 11.8 Å². The van der Waals surface area contributed by atoms with Gasteiger partial charge in [-0.3, -0.25) is 4.90 Å². The Morgan fingerprint density at radius 3 is 2.56 bits per heavy atom. The zero-order valence-electron chi connectivity index (χ0n) is 14.4. The number of ether oxygens (including phenoxy) is 1. The van der Waals surface area contributed by atoms with E-state index in [1.807, 2.05) is 13.0 Å². The molecule has 1 N–H and O–H groups in total. The van der Waals surface area contributed by atoms with Crippen LogP contribution in [0.1, 0.15) is 24.9 Å². The molecule has 0 radical (unpaired) electrons. The summed E-state index contributed by atoms with van der Waals surface area (Å²) in [6.45, 7) is 6.49. The van der Waals surface area contributed by atoms with E-state index in [9.17, 15) is 5.26 Å². The fraction of sp³-hybridized carbons (Fsp3) is 0.421. The van der Waals surface area contributed by atoms with Crippen molar-refractivity contribution in [2.45, 2.75) is 19.4 Å². The van der Waals surface area contributed by atoms with Gasteiger partial charge in [-0.1, -0.05) is 30.3 Å². The molecule has 0 saturated carbocycles. The number of fused-ring (bicyclic) bond motifs is 1. The second-order valence-corrected chi connectivity index (χ2v) is 5.80. The normalized spacial score (nSPS) is 15.5. The lowest BCUT2D eigenvalue weighted by Crippen LogP contribution is -2.45. The van der Waals surface area contributed by atoms with Gasteiger partial charge in [-0.05, 0) is 23.8 Å². The highest BCUT2D eigenvalue weighted by molar-refractivity contribution is 5.88. The first kappa shape index (κ1) is 21.5. The third kappa shape index (κ3) is 4.77. The van der Waals surface area contributed by atoms with Crippen LogP contribution in [0.2, 0.25) is 0 Å². The lowest BCUT2D eigenvalue weighted by Gasteiger charge is -2.35. The van der Waals surface area contributed by atoms with E-state index in [2.05, 4.69) is 46.6 Å². The van der Waals surface area contributed by atoms with Gasteiger partial charge in [-0.15, -0.1) is 24.8 Å². The largest absolute Gasteiger partial charge is 0.494 e. The van der Waals surface area contributed by atoms with E-state index in [1.165, 1.54) is 10.8 Å². The molecule has 3 rings (SSSR count). The average Bonchev–Trinajstić information content (AvgIpc) is 2.61. The Hall–Kier alpha value is -1.51. The van der Waals surface area contributed by atoms with Gasteiger partial charge in [0.05, 0.1) is 25.1 Å². The molecule has 1 aliphatic rings. The first-order chi connectivity index (χ1) is 11.3. The Morgan fingerprint density at radius 1 is 1.16 bits per heavy atom. The van der Waals surface area contributed by atoms with Crippen LogP contribution in [0, 0.1) is 11.3 Å². The van der Waals surface area contributed by atoms with Crippen LogP contribution in [-0.4, -0.2) is 37.7 Å². The van der Waals surface area contributed by atoms with E-state index >= 15 is 0 Å². The number of hydrogen-bond donors (Lipinski definition) is 1. The third-order valence-electron chi connectivity index (χ3n) is 4.44. The van der Waals surface area contributed by atoms with Crippen molar-refractivity contribution < 1.29 is 4.74 Å². The summed E-state index contributed by atoms with van der Waals surface area (Å²) in [7, 11) is 0. The first-order valence-electron chi connectivity index (χ1n) is 8.31. The Bertz CT molecular complexity index is 711. The maximum Gasteiger partial charge on any atom is 0.124 e. The SMILES string of the molecule is CCOc1ccc2ccccc2c1[C@H](CC#N)N1CCNCC1.Cl.Cl. The second-order valence-electron chi connectivity index (χ2n) is 5.80. The van der Waals surface area contributed by atoms with Crippen LogP contribution in [0.4, 0.5) is 0 Å². The Labute approximate surface area is 162 Å². The van der Waals surface area contributed by atoms with Gasteiger partial charge < -0.3 is 10.1 Å². The van der Waals surface area contributed by atoms with Crippen molar-refractivity contribution in [1.82, 2.24) is 10.2 Å². The minimum absolute atomic E-state index is 0. The van der Waals surface area contributed by atoms with Crippen molar-refractivity contribution >= 4 is 35.6 Å². The van der Waals surface area contributed by atoms with Gasteiger partial charge in [-0.25, -0.2) is 0 Å². The molecule has 25 heavy (non-hydrogen) atoms. The van der Waals surface area contributed by atoms with Crippen LogP contribution in [0.15, 0.2) is 36.4 Å². The highest BCUT2D eigenvalue weighted by Crippen LogP contribution is 2.37. The van der Waals surface area contributed by atoms with Crippen molar-refractivity contribution in [1.29, 1.82) is 5.26 Å². The Morgan fingerprint density at radius 2 is 1.88 bits per heavy atom. The minimum Gasteiger partial charge on any atom is -0.494 e. The van der Waals surface area contributed by atoms with Crippen LogP contribution >= 0.6 is 24.8 Å². The van der Waals surface area contributed by atoms with Gasteiger partial charge >= 0.3 is 0 Å². The highest BCUT2D eigenvalue weighted by Gasteiger charge is 2.26. The molecule has 1 atom stereocenters. The molecule has 1 saturated heterocycles. The van der Waals surface area contributed by atoms with Crippen molar-refractivity contribution in [3.05, 3.63) is 42.0 Å². The van der Waals surface area contributed by atoms with Crippen LogP contribution < -0.4 is 10.1 Å². The fourth-order valence-electron chi connectivity index (χ4n) is 3.39. The Balaban J connectivity index is 0.00000156. The predicted octanol–water partition coefficient (Wildman–Crippen LogP) is 3.94. The monoisotopic (exact) mass is 381 g/mol. The highest BCUT2D eigenvalue weighted by atomic mass is 35.5. The van der Waals surface area contributed by atoms with Gasteiger partial charge in [0.2, 0.25) is 0 Å². The molecule has 4 nitrogen and oxygen atoms in total. The van der Waals surface area contributed by atoms with E-state index in [0.717, 1.165) is 37.5 Å². The number of rotatable bonds is 5. The minimum atomic E-state index is 0. The molecule has 0 spiro atoms. The van der Waals surface area contributed by atoms with Crippen molar-refractivity contribution in [3.63, 3.8) is 0 Å². The van der Waals surface area contributed by atoms with E-state index in [-0.39, 0.29) is 30.9 Å². The van der Waals surface area contributed by atoms with Gasteiger partial charge in [-0.2, -0.15) is 5.26 Å². The lowest BCUT2D eigenvalue weighted by atomic mass is 9.94. The van der Waals surface area contributed by atoms with E-state index in [1.54, 1.807) is 0 Å². The fourth-order valence-corrected chi connectivity index (χ4v) is 3.39. The second kappa shape index (κ2) is 10.5. The number of halogens is 2. The number of nitriles is 1. The van der Waals surface area contributed by atoms with E-state index in [0.29, 0.717) is 13.0 Å². The molecule has 1 fully saturated rings. The molecule has 2 aromatic carbocycles. The standard InChI is InChI=1S/C19H23N3O.2ClH/c1-2-23-18-8-7-15-5-3-4-6-16(15)19(18)17(9-10-20)22-13-11-21-12-14-22;;/h3-8,17,21H,2,9,11-14H2,1H3;2*1H/t17-;;/m0../s1. The summed E-state index contributed by atoms with van der Waals surface area (Å²) in [5.41, 5.74) is 1.16. The molecule has 0 amide bonds. The number of piperazine rings is 1. The first-order valence-corrected chi connectivity index (χ1v) is 8.31. The van der Waals surface area contributed by atoms with Crippen LogP contribution in [-0.2, 0) is 0 Å². The molecule has 0 unspecified atom stereocenters. The van der Waals surface area contributed by atoms with Gasteiger partial charge in [0.25, 0.3) is 0 Å². The zero-order chi connectivity index (χ0) is 16.1. The van der Waals surface area contributed by atoms with Crippen LogP contribution in [0.25, 0.3) is 10.8 Å². The van der Waals surface area contributed by atoms with Crippen molar-refractivity contribution in [2.75, 3.05) is 32.8 Å². The number of benzene rings is 2. The molecule has 0 bridgehead atoms. The summed E-state index contributed by atoms with van der Waals surface area (Å²) in [6, 6.07) is 15.0. The van der Waals surface area contributed by atoms with Gasteiger partial charge in [0.15, 0.2) is 0 Å². The quantitative estimate of drug-likeness (QED) is 0.851. The maximum atomic E-state index is 9.39. The summed E-state index contributed by atoms with van der Waals surface area (Å²) in [4.78, 5) is 2.41. The van der Waals surface area contributed by atoms with E-state index in [4.69, 9.17) is 4.74 Å². The van der Waals surface area contributed by atoms with Gasteiger partial charge in [0, 0.05) is 31.7 Å². The van der Waals surface area contributed by atoms with Crippen LogP contribution in [0.3, 0.4) is 0 Å². The molecule has 1 aliphatic heterocycles. The van der Waals surface area contributed by atoms with E-state index < -0.39 is 0 Å². The molecule has 0 aromatic heterocycles. The number of nitrogens with one attached hydrogen (secondary N) is 1. The van der Waals surface area contributed by atoms with Crippen LogP contribution in [0.5, 0.6) is 5.75 Å². The lowest BCUT2D eigenvalue weighted by molar-refractivity contribution is 0.173. The molecular weight excluding hydrogens is 357 g/mol. The maximum absolute atomic E-state index is 9.39. The number of nitrogens with zero attached hydrogens (tertiary/aromatic N) is 2. The molecule has 0 aliphatic carbocycles. The third-order valence-corrected chi connectivity index (χ3v) is 4.44. The predicted molar refractivity (Wildman–Crippen MR) is 107 cm³/mol. The Kier molecular flexibility index (Phi) is 9.02. The summed E-state index contributed by atoms with van der Waals surface area (Å²) in [5, 5.41) is 15.2. The number of hydrogen-bond acceptors (Lipinski definition) is 4. The summed E-state index contributed by atoms with van der Waals surface area (Å²) in [6.07, 6.45) is 0.480. The summed E-state index contributed by atoms with van der Waals surface area (Å²) < 4.78 is 5.91. The van der Waals surface area contributed by atoms with Crippen molar-refractivity contribution in [2.24, 2.45) is 0 Å². The zero-order valence-corrected chi connectivity index (χ0v) is 16.0. The average molecular weight is 382 g/mol. The molecule has 1 heterocycles. The summed E-state index contributed by atoms with van der Waals surface area (Å²) >= 11 is 0. The summed E-state index contributed by atoms with van der Waals surface area (Å²) in [5.74, 6) is 0.907. The molecular formula is C19H25Cl2N3O.